The Labute approximate surface area is 121 Å². The van der Waals surface area contributed by atoms with Crippen molar-refractivity contribution in [1.29, 1.82) is 0 Å². The van der Waals surface area contributed by atoms with Gasteiger partial charge in [0.05, 0.1) is 0 Å². The molecule has 0 saturated carbocycles. The van der Waals surface area contributed by atoms with Gasteiger partial charge in [-0.2, -0.15) is 0 Å². The Bertz CT molecular complexity index is 539. The van der Waals surface area contributed by atoms with Gasteiger partial charge >= 0.3 is 5.97 Å². The first-order valence-electron chi connectivity index (χ1n) is 5.41. The third kappa shape index (κ3) is 4.58. The van der Waals surface area contributed by atoms with Crippen molar-refractivity contribution in [2.45, 2.75) is 19.4 Å². The average molecular weight is 302 g/mol. The molecule has 0 aromatic heterocycles. The first-order chi connectivity index (χ1) is 8.72. The van der Waals surface area contributed by atoms with Crippen molar-refractivity contribution in [3.63, 3.8) is 0 Å². The molecule has 2 N–H and O–H groups in total. The number of carbonyl (C=O) groups excluding carboxylic acids is 1. The third-order valence-corrected chi connectivity index (χ3v) is 2.92. The van der Waals surface area contributed by atoms with Crippen LogP contribution in [0.5, 0.6) is 0 Å². The number of rotatable bonds is 4. The monoisotopic (exact) mass is 301 g/mol. The average Bonchev–Trinajstić information content (AvgIpc) is 2.29. The summed E-state index contributed by atoms with van der Waals surface area (Å²) >= 11 is 11.7. The molecule has 4 nitrogen and oxygen atoms in total. The minimum Gasteiger partial charge on any atom is -0.480 e. The quantitative estimate of drug-likeness (QED) is 0.840. The van der Waals surface area contributed by atoms with Gasteiger partial charge in [0, 0.05) is 16.1 Å². The fraction of sp³-hybridized carbons (Fsp3) is 0.231. The predicted molar refractivity (Wildman–Crippen MR) is 75.4 cm³/mol. The molecular weight excluding hydrogens is 289 g/mol. The zero-order chi connectivity index (χ0) is 14.6. The van der Waals surface area contributed by atoms with E-state index in [0.29, 0.717) is 15.6 Å². The third-order valence-electron chi connectivity index (χ3n) is 2.34. The molecule has 0 spiro atoms. The van der Waals surface area contributed by atoms with E-state index in [-0.39, 0.29) is 0 Å². The number of carboxylic acids is 1. The largest absolute Gasteiger partial charge is 0.480 e. The Hall–Kier alpha value is -1.52. The van der Waals surface area contributed by atoms with Crippen LogP contribution in [0.15, 0.2) is 24.3 Å². The summed E-state index contributed by atoms with van der Waals surface area (Å²) in [5.74, 6) is -1.64. The predicted octanol–water partition coefficient (Wildman–Crippen LogP) is 2.99. The highest BCUT2D eigenvalue weighted by atomic mass is 35.5. The number of halogens is 2. The van der Waals surface area contributed by atoms with Gasteiger partial charge in [0.2, 0.25) is 5.91 Å². The minimum absolute atomic E-state index is 0.450. The molecule has 0 aliphatic heterocycles. The van der Waals surface area contributed by atoms with Crippen LogP contribution < -0.4 is 5.32 Å². The molecule has 1 rings (SSSR count). The highest BCUT2D eigenvalue weighted by molar-refractivity contribution is 6.34. The van der Waals surface area contributed by atoms with Crippen molar-refractivity contribution in [3.8, 4) is 0 Å². The first-order valence-corrected chi connectivity index (χ1v) is 6.16. The lowest BCUT2D eigenvalue weighted by atomic mass is 10.1. The van der Waals surface area contributed by atoms with Crippen LogP contribution in [0.4, 0.5) is 0 Å². The summed E-state index contributed by atoms with van der Waals surface area (Å²) in [7, 11) is 0. The number of aliphatic carboxylic acids is 1. The molecule has 0 unspecified atom stereocenters. The van der Waals surface area contributed by atoms with Gasteiger partial charge in [-0.05, 0) is 43.7 Å². The summed E-state index contributed by atoms with van der Waals surface area (Å²) in [4.78, 5) is 22.4. The van der Waals surface area contributed by atoms with Crippen LogP contribution in [0.25, 0.3) is 6.08 Å². The van der Waals surface area contributed by atoms with E-state index in [4.69, 9.17) is 28.3 Å². The molecule has 0 radical (unpaired) electrons. The molecule has 1 aromatic rings. The minimum atomic E-state index is -1.33. The molecule has 0 aliphatic rings. The standard InChI is InChI=1S/C13H13Cl2NO3/c1-13(2,12(18)19)16-11(17)6-3-8-7-9(14)4-5-10(8)15/h3-7H,1-2H3,(H,16,17)(H,18,19). The number of carbonyl (C=O) groups is 2. The molecule has 0 heterocycles. The van der Waals surface area contributed by atoms with Crippen LogP contribution >= 0.6 is 23.2 Å². The van der Waals surface area contributed by atoms with E-state index in [2.05, 4.69) is 5.32 Å². The number of carboxylic acid groups (broad SMARTS) is 1. The molecule has 6 heteroatoms. The van der Waals surface area contributed by atoms with Gasteiger partial charge in [-0.15, -0.1) is 0 Å². The Morgan fingerprint density at radius 2 is 1.95 bits per heavy atom. The van der Waals surface area contributed by atoms with Crippen molar-refractivity contribution in [3.05, 3.63) is 39.9 Å². The van der Waals surface area contributed by atoms with Gasteiger partial charge in [0.15, 0.2) is 0 Å². The van der Waals surface area contributed by atoms with Crippen LogP contribution in [0.3, 0.4) is 0 Å². The van der Waals surface area contributed by atoms with Gasteiger partial charge in [-0.3, -0.25) is 4.79 Å². The highest BCUT2D eigenvalue weighted by Gasteiger charge is 2.27. The molecule has 102 valence electrons. The number of hydrogen-bond donors (Lipinski definition) is 2. The molecule has 0 atom stereocenters. The van der Waals surface area contributed by atoms with E-state index >= 15 is 0 Å². The Morgan fingerprint density at radius 3 is 2.53 bits per heavy atom. The Balaban J connectivity index is 2.79. The maximum atomic E-state index is 11.6. The summed E-state index contributed by atoms with van der Waals surface area (Å²) in [6.07, 6.45) is 2.68. The fourth-order valence-corrected chi connectivity index (χ4v) is 1.57. The smallest absolute Gasteiger partial charge is 0.328 e. The normalized spacial score (nSPS) is 11.6. The van der Waals surface area contributed by atoms with Gasteiger partial charge in [-0.1, -0.05) is 23.2 Å². The van der Waals surface area contributed by atoms with E-state index in [9.17, 15) is 9.59 Å². The van der Waals surface area contributed by atoms with Gasteiger partial charge < -0.3 is 10.4 Å². The topological polar surface area (TPSA) is 66.4 Å². The summed E-state index contributed by atoms with van der Waals surface area (Å²) in [5, 5.41) is 12.2. The lowest BCUT2D eigenvalue weighted by Crippen LogP contribution is -2.49. The fourth-order valence-electron chi connectivity index (χ4n) is 1.21. The number of benzene rings is 1. The first kappa shape index (κ1) is 15.5. The van der Waals surface area contributed by atoms with E-state index in [0.717, 1.165) is 0 Å². The van der Waals surface area contributed by atoms with E-state index in [1.54, 1.807) is 18.2 Å². The second kappa shape index (κ2) is 6.08. The SMILES string of the molecule is CC(C)(NC(=O)C=Cc1cc(Cl)ccc1Cl)C(=O)O. The van der Waals surface area contributed by atoms with Crippen LogP contribution in [0.2, 0.25) is 10.0 Å². The van der Waals surface area contributed by atoms with E-state index < -0.39 is 17.4 Å². The van der Waals surface area contributed by atoms with Crippen LogP contribution in [-0.4, -0.2) is 22.5 Å². The summed E-state index contributed by atoms with van der Waals surface area (Å²) in [6, 6.07) is 4.85. The van der Waals surface area contributed by atoms with Crippen LogP contribution in [0.1, 0.15) is 19.4 Å². The maximum absolute atomic E-state index is 11.6. The van der Waals surface area contributed by atoms with Crippen molar-refractivity contribution in [1.82, 2.24) is 5.32 Å². The summed E-state index contributed by atoms with van der Waals surface area (Å²) < 4.78 is 0. The second-order valence-corrected chi connectivity index (χ2v) is 5.26. The van der Waals surface area contributed by atoms with E-state index in [1.165, 1.54) is 26.0 Å². The van der Waals surface area contributed by atoms with Crippen molar-refractivity contribution < 1.29 is 14.7 Å². The molecule has 0 saturated heterocycles. The second-order valence-electron chi connectivity index (χ2n) is 4.42. The molecule has 0 fully saturated rings. The van der Waals surface area contributed by atoms with E-state index in [1.807, 2.05) is 0 Å². The molecule has 0 bridgehead atoms. The number of nitrogens with one attached hydrogen (secondary N) is 1. The zero-order valence-electron chi connectivity index (χ0n) is 10.4. The Morgan fingerprint density at radius 1 is 1.32 bits per heavy atom. The molecular formula is C13H13Cl2NO3. The van der Waals surface area contributed by atoms with Crippen LogP contribution in [0, 0.1) is 0 Å². The summed E-state index contributed by atoms with van der Waals surface area (Å²) in [5.41, 5.74) is -0.753. The lowest BCUT2D eigenvalue weighted by molar-refractivity contribution is -0.145. The van der Waals surface area contributed by atoms with Gasteiger partial charge in [0.1, 0.15) is 5.54 Å². The molecule has 1 amide bonds. The number of hydrogen-bond acceptors (Lipinski definition) is 2. The van der Waals surface area contributed by atoms with Gasteiger partial charge in [0.25, 0.3) is 0 Å². The highest BCUT2D eigenvalue weighted by Crippen LogP contribution is 2.21. The van der Waals surface area contributed by atoms with Crippen molar-refractivity contribution >= 4 is 41.2 Å². The molecule has 1 aromatic carbocycles. The number of amides is 1. The summed E-state index contributed by atoms with van der Waals surface area (Å²) in [6.45, 7) is 2.79. The molecule has 19 heavy (non-hydrogen) atoms. The van der Waals surface area contributed by atoms with Crippen molar-refractivity contribution in [2.24, 2.45) is 0 Å². The van der Waals surface area contributed by atoms with Crippen molar-refractivity contribution in [2.75, 3.05) is 0 Å². The van der Waals surface area contributed by atoms with Crippen LogP contribution in [-0.2, 0) is 9.59 Å². The zero-order valence-corrected chi connectivity index (χ0v) is 11.9. The maximum Gasteiger partial charge on any atom is 0.328 e. The van der Waals surface area contributed by atoms with Gasteiger partial charge in [-0.25, -0.2) is 4.79 Å². The Kier molecular flexibility index (Phi) is 4.97. The lowest BCUT2D eigenvalue weighted by Gasteiger charge is -2.19. The molecule has 0 aliphatic carbocycles.